The monoisotopic (exact) mass is 379 g/mol. The quantitative estimate of drug-likeness (QED) is 0.798. The number of rotatable bonds is 3. The van der Waals surface area contributed by atoms with Crippen LogP contribution in [-0.4, -0.2) is 61.0 Å². The number of likely N-dealkylation sites (tertiary alicyclic amines) is 1. The van der Waals surface area contributed by atoms with Crippen LogP contribution in [0.5, 0.6) is 0 Å². The predicted octanol–water partition coefficient (Wildman–Crippen LogP) is 1.20. The van der Waals surface area contributed by atoms with Crippen molar-refractivity contribution >= 4 is 28.3 Å². The summed E-state index contributed by atoms with van der Waals surface area (Å²) in [6, 6.07) is -0.0791. The molecule has 0 spiro atoms. The summed E-state index contributed by atoms with van der Waals surface area (Å²) >= 11 is 0. The summed E-state index contributed by atoms with van der Waals surface area (Å²) in [5.74, 6) is 0.496. The van der Waals surface area contributed by atoms with E-state index in [2.05, 4.69) is 0 Å². The number of sulfonamides is 1. The molecular weight excluding hydrogens is 350 g/mol. The zero-order valence-corrected chi connectivity index (χ0v) is 16.0. The van der Waals surface area contributed by atoms with Gasteiger partial charge in [0.1, 0.15) is 0 Å². The van der Waals surface area contributed by atoms with Gasteiger partial charge in [-0.25, -0.2) is 8.42 Å². The average Bonchev–Trinajstić information content (AvgIpc) is 3.18. The summed E-state index contributed by atoms with van der Waals surface area (Å²) in [6.07, 6.45) is 5.59. The van der Waals surface area contributed by atoms with Gasteiger partial charge in [0.05, 0.1) is 5.25 Å². The molecule has 0 bridgehead atoms. The van der Waals surface area contributed by atoms with E-state index in [1.807, 2.05) is 6.92 Å². The van der Waals surface area contributed by atoms with Gasteiger partial charge in [-0.3, -0.25) is 4.79 Å². The number of halogens is 1. The van der Waals surface area contributed by atoms with Crippen molar-refractivity contribution < 1.29 is 13.2 Å². The minimum Gasteiger partial charge on any atom is -0.341 e. The molecule has 0 aromatic rings. The lowest BCUT2D eigenvalue weighted by Crippen LogP contribution is -2.50. The van der Waals surface area contributed by atoms with Gasteiger partial charge in [0.15, 0.2) is 0 Å². The van der Waals surface area contributed by atoms with Crippen LogP contribution in [0.2, 0.25) is 0 Å². The molecule has 6 nitrogen and oxygen atoms in total. The van der Waals surface area contributed by atoms with E-state index in [4.69, 9.17) is 5.73 Å². The van der Waals surface area contributed by atoms with Gasteiger partial charge in [-0.1, -0.05) is 19.8 Å². The number of piperidine rings is 1. The molecule has 0 aromatic heterocycles. The summed E-state index contributed by atoms with van der Waals surface area (Å²) < 4.78 is 27.4. The van der Waals surface area contributed by atoms with Crippen LogP contribution in [0, 0.1) is 11.8 Å². The molecule has 1 aliphatic carbocycles. The average molecular weight is 380 g/mol. The second-order valence-corrected chi connectivity index (χ2v) is 9.75. The smallest absolute Gasteiger partial charge is 0.225 e. The van der Waals surface area contributed by atoms with Crippen molar-refractivity contribution in [2.75, 3.05) is 26.2 Å². The van der Waals surface area contributed by atoms with E-state index in [1.54, 1.807) is 9.21 Å². The highest BCUT2D eigenvalue weighted by Gasteiger charge is 2.42. The molecule has 140 valence electrons. The molecule has 1 saturated carbocycles. The standard InChI is InChI=1S/C16H29N3O3S.ClH/c1-12-9-19(11-15(12)17)23(21,22)14-7-4-8-18(10-14)16(20)13-5-2-3-6-13;/h12-15H,2-11,17H2,1H3;1H. The van der Waals surface area contributed by atoms with Crippen LogP contribution in [0.25, 0.3) is 0 Å². The fraction of sp³-hybridized carbons (Fsp3) is 0.938. The van der Waals surface area contributed by atoms with Gasteiger partial charge in [-0.15, -0.1) is 12.4 Å². The van der Waals surface area contributed by atoms with Gasteiger partial charge in [0.2, 0.25) is 15.9 Å². The number of carbonyl (C=O) groups excluding carboxylic acids is 1. The fourth-order valence-electron chi connectivity index (χ4n) is 4.18. The second-order valence-electron chi connectivity index (χ2n) is 7.53. The third-order valence-corrected chi connectivity index (χ3v) is 8.06. The van der Waals surface area contributed by atoms with Crippen LogP contribution >= 0.6 is 12.4 Å². The molecule has 2 N–H and O–H groups in total. The number of hydrogen-bond donors (Lipinski definition) is 1. The Morgan fingerprint density at radius 3 is 2.29 bits per heavy atom. The highest BCUT2D eigenvalue weighted by Crippen LogP contribution is 2.30. The number of amides is 1. The Morgan fingerprint density at radius 2 is 1.71 bits per heavy atom. The lowest BCUT2D eigenvalue weighted by Gasteiger charge is -2.35. The minimum atomic E-state index is -3.36. The fourth-order valence-corrected chi connectivity index (χ4v) is 6.25. The zero-order chi connectivity index (χ0) is 16.6. The summed E-state index contributed by atoms with van der Waals surface area (Å²) in [5, 5.41) is -0.459. The van der Waals surface area contributed by atoms with Crippen molar-refractivity contribution in [1.29, 1.82) is 0 Å². The lowest BCUT2D eigenvalue weighted by atomic mass is 10.0. The van der Waals surface area contributed by atoms with Crippen LogP contribution < -0.4 is 5.73 Å². The molecule has 3 fully saturated rings. The van der Waals surface area contributed by atoms with Gasteiger partial charge in [0.25, 0.3) is 0 Å². The molecular formula is C16H30ClN3O3S. The number of nitrogens with two attached hydrogens (primary N) is 1. The largest absolute Gasteiger partial charge is 0.341 e. The first-order valence-corrected chi connectivity index (χ1v) is 10.4. The highest BCUT2D eigenvalue weighted by molar-refractivity contribution is 7.89. The van der Waals surface area contributed by atoms with Gasteiger partial charge in [-0.05, 0) is 31.6 Å². The maximum Gasteiger partial charge on any atom is 0.225 e. The summed E-state index contributed by atoms with van der Waals surface area (Å²) in [4.78, 5) is 14.4. The molecule has 3 aliphatic rings. The first kappa shape index (κ1) is 19.9. The van der Waals surface area contributed by atoms with Crippen LogP contribution in [0.1, 0.15) is 45.4 Å². The topological polar surface area (TPSA) is 83.7 Å². The molecule has 3 unspecified atom stereocenters. The highest BCUT2D eigenvalue weighted by atomic mass is 35.5. The van der Waals surface area contributed by atoms with Gasteiger partial charge in [0, 0.05) is 38.1 Å². The SMILES string of the molecule is CC1CN(S(=O)(=O)C2CCCN(C(=O)C3CCCC3)C2)CC1N.Cl. The van der Waals surface area contributed by atoms with E-state index in [1.165, 1.54) is 0 Å². The van der Waals surface area contributed by atoms with Crippen LogP contribution in [-0.2, 0) is 14.8 Å². The second kappa shape index (κ2) is 7.89. The van der Waals surface area contributed by atoms with Crippen LogP contribution in [0.4, 0.5) is 0 Å². The molecule has 3 rings (SSSR count). The van der Waals surface area contributed by atoms with Crippen LogP contribution in [0.15, 0.2) is 0 Å². The van der Waals surface area contributed by atoms with E-state index in [0.717, 1.165) is 32.1 Å². The molecule has 1 amide bonds. The Labute approximate surface area is 151 Å². The first-order chi connectivity index (χ1) is 10.9. The van der Waals surface area contributed by atoms with E-state index in [0.29, 0.717) is 32.6 Å². The normalized spacial score (nSPS) is 32.8. The number of hydrogen-bond acceptors (Lipinski definition) is 4. The van der Waals surface area contributed by atoms with Crippen molar-refractivity contribution in [3.8, 4) is 0 Å². The van der Waals surface area contributed by atoms with Crippen molar-refractivity contribution in [2.24, 2.45) is 17.6 Å². The van der Waals surface area contributed by atoms with E-state index in [-0.39, 0.29) is 36.2 Å². The van der Waals surface area contributed by atoms with Crippen molar-refractivity contribution in [3.05, 3.63) is 0 Å². The van der Waals surface area contributed by atoms with Crippen LogP contribution in [0.3, 0.4) is 0 Å². The maximum absolute atomic E-state index is 12.9. The summed E-state index contributed by atoms with van der Waals surface area (Å²) in [7, 11) is -3.36. The van der Waals surface area contributed by atoms with Crippen molar-refractivity contribution in [2.45, 2.75) is 56.7 Å². The molecule has 8 heteroatoms. The molecule has 2 heterocycles. The Kier molecular flexibility index (Phi) is 6.56. The van der Waals surface area contributed by atoms with Gasteiger partial charge < -0.3 is 10.6 Å². The van der Waals surface area contributed by atoms with E-state index < -0.39 is 15.3 Å². The molecule has 2 aliphatic heterocycles. The minimum absolute atomic E-state index is 0. The van der Waals surface area contributed by atoms with Crippen molar-refractivity contribution in [1.82, 2.24) is 9.21 Å². The first-order valence-electron chi connectivity index (χ1n) is 8.93. The summed E-state index contributed by atoms with van der Waals surface area (Å²) in [5.41, 5.74) is 5.98. The third kappa shape index (κ3) is 3.89. The third-order valence-electron chi connectivity index (χ3n) is 5.81. The lowest BCUT2D eigenvalue weighted by molar-refractivity contribution is -0.136. The molecule has 0 aromatic carbocycles. The zero-order valence-electron chi connectivity index (χ0n) is 14.4. The van der Waals surface area contributed by atoms with Crippen molar-refractivity contribution in [3.63, 3.8) is 0 Å². The maximum atomic E-state index is 12.9. The van der Waals surface area contributed by atoms with Gasteiger partial charge >= 0.3 is 0 Å². The summed E-state index contributed by atoms with van der Waals surface area (Å²) in [6.45, 7) is 3.99. The van der Waals surface area contributed by atoms with E-state index in [9.17, 15) is 13.2 Å². The van der Waals surface area contributed by atoms with Gasteiger partial charge in [-0.2, -0.15) is 4.31 Å². The number of nitrogens with zero attached hydrogens (tertiary/aromatic N) is 2. The Morgan fingerprint density at radius 1 is 1.04 bits per heavy atom. The Bertz CT molecular complexity index is 541. The molecule has 0 radical (unpaired) electrons. The number of carbonyl (C=O) groups is 1. The Balaban J connectivity index is 0.00000208. The predicted molar refractivity (Wildman–Crippen MR) is 96.4 cm³/mol. The van der Waals surface area contributed by atoms with E-state index >= 15 is 0 Å². The molecule has 24 heavy (non-hydrogen) atoms. The molecule has 2 saturated heterocycles. The Hall–Kier alpha value is -0.370. The molecule has 3 atom stereocenters.